The van der Waals surface area contributed by atoms with Crippen molar-refractivity contribution in [2.75, 3.05) is 33.3 Å². The van der Waals surface area contributed by atoms with Crippen molar-refractivity contribution in [1.82, 2.24) is 35.5 Å². The Labute approximate surface area is 405 Å². The summed E-state index contributed by atoms with van der Waals surface area (Å²) in [5.41, 5.74) is 9.35. The van der Waals surface area contributed by atoms with Gasteiger partial charge in [-0.3, -0.25) is 29.2 Å². The van der Waals surface area contributed by atoms with E-state index in [-0.39, 0.29) is 31.4 Å². The van der Waals surface area contributed by atoms with Crippen molar-refractivity contribution in [3.05, 3.63) is 81.5 Å². The number of carbonyl (C=O) groups is 5. The number of ether oxygens (including phenoxy) is 2. The first kappa shape index (κ1) is 51.9. The molecule has 5 heterocycles. The fraction of sp³-hybridized carbons (Fsp3) is 0.558. The van der Waals surface area contributed by atoms with Gasteiger partial charge in [0.25, 0.3) is 5.91 Å². The summed E-state index contributed by atoms with van der Waals surface area (Å²) in [5.74, 6) is -2.60. The molecule has 2 aromatic heterocycles. The molecule has 16 heteroatoms. The first-order valence-corrected chi connectivity index (χ1v) is 24.8. The Morgan fingerprint density at radius 3 is 2.54 bits per heavy atom. The minimum Gasteiger partial charge on any atom is -0.464 e. The highest BCUT2D eigenvalue weighted by Gasteiger charge is 2.41. The van der Waals surface area contributed by atoms with Gasteiger partial charge in [-0.25, -0.2) is 15.2 Å². The van der Waals surface area contributed by atoms with Crippen LogP contribution in [0, 0.1) is 24.2 Å². The van der Waals surface area contributed by atoms with E-state index in [0.29, 0.717) is 61.6 Å². The summed E-state index contributed by atoms with van der Waals surface area (Å²) < 4.78 is 11.7. The number of nitrogens with zero attached hydrogens (tertiary/aromatic N) is 5. The van der Waals surface area contributed by atoms with E-state index in [9.17, 15) is 29.1 Å². The second-order valence-corrected chi connectivity index (χ2v) is 21.6. The number of aromatic nitrogens is 2. The van der Waals surface area contributed by atoms with Gasteiger partial charge in [0.1, 0.15) is 23.7 Å². The number of fused-ring (bicyclic) bond motifs is 7. The third kappa shape index (κ3) is 12.2. The number of benzene rings is 1. The average molecular weight is 954 g/mol. The molecule has 15 nitrogen and oxygen atoms in total. The minimum absolute atomic E-state index is 0.0418. The van der Waals surface area contributed by atoms with Crippen LogP contribution in [0.15, 0.2) is 54.1 Å². The number of amides is 4. The van der Waals surface area contributed by atoms with E-state index < -0.39 is 65.0 Å². The van der Waals surface area contributed by atoms with Crippen LogP contribution in [0.4, 0.5) is 4.79 Å². The standard InChI is InChI=1S/C52H71N7O8S/c1-13-31(4)43(36-16-14-21-53-44(36)33(6)60)38-26-52(10,11)29-66-49(64)39-17-15-22-59(56-39)48(63)40(25-42-54-41(28-68-42)34-19-18-32(5)37(38)24-34)55-46(61)45(30(2)3)57(12)47(62)35-20-23-58(27-35)50(65)67-51(7,8)9/h14,16,18-19,21,24,28,30,33,35,39-40,45,56,60H,4,13,15,17,20,22-23,25-27,29H2,1-3,5-12H3,(H,55,61)/b43-38+/t33-,35?,39-,40-,45-/m0/s1. The van der Waals surface area contributed by atoms with Gasteiger partial charge in [-0.2, -0.15) is 0 Å². The quantitative estimate of drug-likeness (QED) is 0.179. The molecule has 68 heavy (non-hydrogen) atoms. The first-order chi connectivity index (χ1) is 32.0. The number of nitrogens with one attached hydrogen (secondary N) is 2. The molecule has 2 saturated heterocycles. The maximum absolute atomic E-state index is 14.7. The highest BCUT2D eigenvalue weighted by molar-refractivity contribution is 7.10. The summed E-state index contributed by atoms with van der Waals surface area (Å²) in [7, 11) is 1.59. The molecule has 0 radical (unpaired) electrons. The molecule has 5 atom stereocenters. The molecule has 4 amide bonds. The lowest BCUT2D eigenvalue weighted by molar-refractivity contribution is -0.155. The number of allylic oxidation sites excluding steroid dienone is 3. The number of pyridine rings is 1. The lowest BCUT2D eigenvalue weighted by Gasteiger charge is -2.37. The van der Waals surface area contributed by atoms with Crippen LogP contribution in [0.1, 0.15) is 128 Å². The van der Waals surface area contributed by atoms with Crippen LogP contribution >= 0.6 is 11.3 Å². The number of carbonyl (C=O) groups excluding carboxylic acids is 5. The van der Waals surface area contributed by atoms with Crippen molar-refractivity contribution in [1.29, 1.82) is 0 Å². The lowest BCUT2D eigenvalue weighted by atomic mass is 9.77. The molecule has 1 aromatic carbocycles. The molecule has 3 aliphatic rings. The molecule has 6 rings (SSSR count). The number of hydrazine groups is 1. The molecular formula is C52H71N7O8S. The Morgan fingerprint density at radius 2 is 1.87 bits per heavy atom. The molecule has 3 N–H and O–H groups in total. The Kier molecular flexibility index (Phi) is 16.4. The Morgan fingerprint density at radius 1 is 1.13 bits per heavy atom. The van der Waals surface area contributed by atoms with Gasteiger partial charge in [-0.1, -0.05) is 59.4 Å². The second-order valence-electron chi connectivity index (χ2n) is 20.7. The van der Waals surface area contributed by atoms with Gasteiger partial charge in [-0.15, -0.1) is 11.3 Å². The van der Waals surface area contributed by atoms with Crippen molar-refractivity contribution >= 4 is 52.3 Å². The fourth-order valence-electron chi connectivity index (χ4n) is 9.30. The number of esters is 1. The summed E-state index contributed by atoms with van der Waals surface area (Å²) in [6.07, 6.45) is 2.86. The number of cyclic esters (lactones) is 1. The highest BCUT2D eigenvalue weighted by Crippen LogP contribution is 2.44. The molecule has 0 aliphatic carbocycles. The van der Waals surface area contributed by atoms with Gasteiger partial charge < -0.3 is 29.7 Å². The molecule has 3 aromatic rings. The van der Waals surface area contributed by atoms with Crippen molar-refractivity contribution in [3.63, 3.8) is 0 Å². The van der Waals surface area contributed by atoms with Crippen LogP contribution in [-0.2, 0) is 35.1 Å². The predicted molar refractivity (Wildman–Crippen MR) is 264 cm³/mol. The zero-order chi connectivity index (χ0) is 49.8. The second kappa shape index (κ2) is 21.5. The van der Waals surface area contributed by atoms with Crippen molar-refractivity contribution in [2.24, 2.45) is 17.3 Å². The zero-order valence-corrected chi connectivity index (χ0v) is 42.5. The van der Waals surface area contributed by atoms with E-state index in [4.69, 9.17) is 14.5 Å². The van der Waals surface area contributed by atoms with Gasteiger partial charge in [0.05, 0.1) is 35.0 Å². The van der Waals surface area contributed by atoms with E-state index in [0.717, 1.165) is 39.0 Å². The van der Waals surface area contributed by atoms with E-state index in [1.807, 2.05) is 37.4 Å². The summed E-state index contributed by atoms with van der Waals surface area (Å²) in [5, 5.41) is 17.9. The van der Waals surface area contributed by atoms with Gasteiger partial charge in [0.15, 0.2) is 0 Å². The van der Waals surface area contributed by atoms with Gasteiger partial charge in [-0.05, 0) is 113 Å². The summed E-state index contributed by atoms with van der Waals surface area (Å²) in [6, 6.07) is 7.12. The Balaban J connectivity index is 1.38. The maximum Gasteiger partial charge on any atom is 0.410 e. The number of thiazole rings is 1. The molecular weight excluding hydrogens is 883 g/mol. The molecule has 0 spiro atoms. The Bertz CT molecular complexity index is 2420. The van der Waals surface area contributed by atoms with Gasteiger partial charge in [0, 0.05) is 61.2 Å². The van der Waals surface area contributed by atoms with Crippen LogP contribution in [0.25, 0.3) is 22.4 Å². The monoisotopic (exact) mass is 954 g/mol. The largest absolute Gasteiger partial charge is 0.464 e. The Hall–Kier alpha value is -5.45. The van der Waals surface area contributed by atoms with E-state index in [2.05, 4.69) is 62.1 Å². The first-order valence-electron chi connectivity index (χ1n) is 23.9. The number of likely N-dealkylation sites (N-methyl/N-ethyl adjacent to an activating group) is 1. The third-order valence-corrected chi connectivity index (χ3v) is 13.7. The summed E-state index contributed by atoms with van der Waals surface area (Å²) in [6.45, 7) is 24.4. The fourth-order valence-corrected chi connectivity index (χ4v) is 10.2. The molecule has 0 saturated carbocycles. The van der Waals surface area contributed by atoms with Crippen LogP contribution in [0.3, 0.4) is 0 Å². The molecule has 1 unspecified atom stereocenters. The van der Waals surface area contributed by atoms with Gasteiger partial charge >= 0.3 is 12.1 Å². The summed E-state index contributed by atoms with van der Waals surface area (Å²) >= 11 is 1.38. The average Bonchev–Trinajstić information content (AvgIpc) is 3.98. The number of aliphatic hydroxyl groups is 1. The zero-order valence-electron chi connectivity index (χ0n) is 41.7. The normalized spacial score (nSPS) is 21.8. The van der Waals surface area contributed by atoms with Crippen molar-refractivity contribution in [2.45, 2.75) is 138 Å². The maximum atomic E-state index is 14.7. The molecule has 3 aliphatic heterocycles. The number of hydrogen-bond acceptors (Lipinski definition) is 12. The van der Waals surface area contributed by atoms with Crippen LogP contribution in [-0.4, -0.2) is 117 Å². The van der Waals surface area contributed by atoms with E-state index in [1.54, 1.807) is 40.9 Å². The third-order valence-electron chi connectivity index (χ3n) is 12.8. The molecule has 6 bridgehead atoms. The van der Waals surface area contributed by atoms with Crippen molar-refractivity contribution in [3.8, 4) is 11.3 Å². The van der Waals surface area contributed by atoms with Gasteiger partial charge in [0.2, 0.25) is 11.8 Å². The summed E-state index contributed by atoms with van der Waals surface area (Å²) in [4.78, 5) is 82.7. The van der Waals surface area contributed by atoms with E-state index in [1.165, 1.54) is 26.1 Å². The molecule has 368 valence electrons. The minimum atomic E-state index is -1.12. The van der Waals surface area contributed by atoms with Crippen LogP contribution < -0.4 is 10.7 Å². The predicted octanol–water partition coefficient (Wildman–Crippen LogP) is 7.68. The lowest BCUT2D eigenvalue weighted by Crippen LogP contribution is -2.62. The number of rotatable bonds is 9. The number of aliphatic hydroxyl groups excluding tert-OH is 1. The van der Waals surface area contributed by atoms with Crippen molar-refractivity contribution < 1.29 is 38.6 Å². The highest BCUT2D eigenvalue weighted by atomic mass is 32.1. The number of hydrogen-bond donors (Lipinski definition) is 3. The van der Waals surface area contributed by atoms with E-state index >= 15 is 0 Å². The van der Waals surface area contributed by atoms with Crippen LogP contribution in [0.5, 0.6) is 0 Å². The smallest absolute Gasteiger partial charge is 0.410 e. The molecule has 2 fully saturated rings. The number of likely N-dealkylation sites (tertiary alicyclic amines) is 1. The SMILES string of the molecule is C=C(CC)/C(=C1/CC(C)(C)COC(=O)[C@@H]2CCCN(N2)C(=O)[C@@H](NC(=O)[C@H](C(C)C)N(C)C(=O)C2CCN(C(=O)OC(C)(C)C)C2)Cc2nc(cs2)-c2ccc(C)c1c2)c1cccnc1[C@H](C)O. The van der Waals surface area contributed by atoms with Crippen LogP contribution in [0.2, 0.25) is 0 Å². The topological polar surface area (TPSA) is 184 Å². The number of aryl methyl sites for hydroxylation is 1.